The first kappa shape index (κ1) is 21.0. The van der Waals surface area contributed by atoms with Crippen molar-refractivity contribution in [2.24, 2.45) is 0 Å². The van der Waals surface area contributed by atoms with Crippen molar-refractivity contribution in [3.63, 3.8) is 0 Å². The summed E-state index contributed by atoms with van der Waals surface area (Å²) >= 11 is 0. The van der Waals surface area contributed by atoms with E-state index in [1.807, 2.05) is 35.0 Å². The highest BCUT2D eigenvalue weighted by Gasteiger charge is 2.28. The lowest BCUT2D eigenvalue weighted by molar-refractivity contribution is 0.0383. The Morgan fingerprint density at radius 3 is 2.88 bits per heavy atom. The van der Waals surface area contributed by atoms with E-state index in [9.17, 15) is 4.79 Å². The minimum atomic E-state index is -0.0653. The Morgan fingerprint density at radius 2 is 2.03 bits per heavy atom. The van der Waals surface area contributed by atoms with Gasteiger partial charge in [-0.1, -0.05) is 6.07 Å². The van der Waals surface area contributed by atoms with Gasteiger partial charge in [0.2, 0.25) is 0 Å². The van der Waals surface area contributed by atoms with Crippen LogP contribution in [0.1, 0.15) is 34.1 Å². The molecule has 5 rings (SSSR count). The number of ether oxygens (including phenoxy) is 1. The van der Waals surface area contributed by atoms with Gasteiger partial charge in [-0.2, -0.15) is 0 Å². The number of nitrogens with zero attached hydrogens (tertiary/aromatic N) is 6. The number of fused-ring (bicyclic) bond motifs is 1. The standard InChI is InChI=1S/C23H29N7O2/c31-23(25-7-9-28-10-12-32-13-11-28)20-3-4-21-26-27-22(30(21)17-20)19-5-8-29(16-19)15-18-2-1-6-24-14-18/h1-4,6,14,17,19H,5,7-13,15-16H2,(H,25,31)/t19-/m1/s1. The Morgan fingerprint density at radius 1 is 1.12 bits per heavy atom. The molecule has 0 radical (unpaired) electrons. The van der Waals surface area contributed by atoms with E-state index >= 15 is 0 Å². The fourth-order valence-corrected chi connectivity index (χ4v) is 4.51. The van der Waals surface area contributed by atoms with Crippen LogP contribution >= 0.6 is 0 Å². The Bertz CT molecular complexity index is 1050. The van der Waals surface area contributed by atoms with Gasteiger partial charge in [-0.15, -0.1) is 10.2 Å². The zero-order valence-electron chi connectivity index (χ0n) is 18.2. The van der Waals surface area contributed by atoms with Gasteiger partial charge in [-0.25, -0.2) is 0 Å². The van der Waals surface area contributed by atoms with Gasteiger partial charge in [-0.05, 0) is 36.7 Å². The number of nitrogens with one attached hydrogen (secondary N) is 1. The van der Waals surface area contributed by atoms with Gasteiger partial charge in [0.05, 0.1) is 18.8 Å². The van der Waals surface area contributed by atoms with Gasteiger partial charge in [0.15, 0.2) is 5.65 Å². The van der Waals surface area contributed by atoms with E-state index < -0.39 is 0 Å². The van der Waals surface area contributed by atoms with Crippen molar-refractivity contribution >= 4 is 11.6 Å². The maximum atomic E-state index is 12.7. The summed E-state index contributed by atoms with van der Waals surface area (Å²) < 4.78 is 7.35. The Hall–Kier alpha value is -2.88. The van der Waals surface area contributed by atoms with Crippen LogP contribution in [0.4, 0.5) is 0 Å². The van der Waals surface area contributed by atoms with Crippen molar-refractivity contribution in [3.05, 3.63) is 59.8 Å². The molecule has 2 saturated heterocycles. The van der Waals surface area contributed by atoms with E-state index in [4.69, 9.17) is 4.74 Å². The van der Waals surface area contributed by atoms with Crippen molar-refractivity contribution in [1.29, 1.82) is 0 Å². The maximum Gasteiger partial charge on any atom is 0.252 e. The second-order valence-corrected chi connectivity index (χ2v) is 8.50. The van der Waals surface area contributed by atoms with Crippen molar-refractivity contribution in [1.82, 2.24) is 34.7 Å². The van der Waals surface area contributed by atoms with Crippen LogP contribution in [0, 0.1) is 0 Å². The monoisotopic (exact) mass is 435 g/mol. The number of carbonyl (C=O) groups is 1. The fraction of sp³-hybridized carbons (Fsp3) is 0.478. The first-order chi connectivity index (χ1) is 15.8. The maximum absolute atomic E-state index is 12.7. The van der Waals surface area contributed by atoms with E-state index in [-0.39, 0.29) is 5.91 Å². The fourth-order valence-electron chi connectivity index (χ4n) is 4.51. The lowest BCUT2D eigenvalue weighted by Crippen LogP contribution is -2.41. The molecule has 0 spiro atoms. The third-order valence-corrected chi connectivity index (χ3v) is 6.27. The molecule has 168 valence electrons. The molecule has 1 atom stereocenters. The lowest BCUT2D eigenvalue weighted by Gasteiger charge is -2.26. The van der Waals surface area contributed by atoms with E-state index in [2.05, 4.69) is 36.4 Å². The molecule has 5 heterocycles. The van der Waals surface area contributed by atoms with Gasteiger partial charge < -0.3 is 10.1 Å². The van der Waals surface area contributed by atoms with Crippen LogP contribution in [0.3, 0.4) is 0 Å². The molecule has 0 bridgehead atoms. The smallest absolute Gasteiger partial charge is 0.252 e. The molecule has 2 aliphatic rings. The van der Waals surface area contributed by atoms with Crippen molar-refractivity contribution in [2.45, 2.75) is 18.9 Å². The minimum Gasteiger partial charge on any atom is -0.379 e. The summed E-state index contributed by atoms with van der Waals surface area (Å²) in [7, 11) is 0. The average Bonchev–Trinajstić information content (AvgIpc) is 3.46. The number of aromatic nitrogens is 4. The molecule has 9 heteroatoms. The van der Waals surface area contributed by atoms with E-state index in [1.54, 1.807) is 6.20 Å². The summed E-state index contributed by atoms with van der Waals surface area (Å²) in [4.78, 5) is 21.7. The van der Waals surface area contributed by atoms with E-state index in [1.165, 1.54) is 5.56 Å². The zero-order chi connectivity index (χ0) is 21.8. The highest BCUT2D eigenvalue weighted by molar-refractivity contribution is 5.94. The highest BCUT2D eigenvalue weighted by atomic mass is 16.5. The van der Waals surface area contributed by atoms with Gasteiger partial charge in [0.25, 0.3) is 5.91 Å². The van der Waals surface area contributed by atoms with Gasteiger partial charge in [-0.3, -0.25) is 24.0 Å². The summed E-state index contributed by atoms with van der Waals surface area (Å²) in [6, 6.07) is 7.77. The van der Waals surface area contributed by atoms with Crippen LogP contribution in [-0.2, 0) is 11.3 Å². The van der Waals surface area contributed by atoms with Crippen molar-refractivity contribution < 1.29 is 9.53 Å². The molecule has 0 saturated carbocycles. The molecular weight excluding hydrogens is 406 g/mol. The normalized spacial score (nSPS) is 20.1. The van der Waals surface area contributed by atoms with Crippen LogP contribution < -0.4 is 5.32 Å². The van der Waals surface area contributed by atoms with Crippen LogP contribution in [0.15, 0.2) is 42.9 Å². The van der Waals surface area contributed by atoms with E-state index in [0.717, 1.165) is 70.4 Å². The van der Waals surface area contributed by atoms with Crippen molar-refractivity contribution in [3.8, 4) is 0 Å². The molecule has 0 aliphatic carbocycles. The summed E-state index contributed by atoms with van der Waals surface area (Å²) in [5.41, 5.74) is 2.62. The first-order valence-electron chi connectivity index (χ1n) is 11.3. The lowest BCUT2D eigenvalue weighted by atomic mass is 10.1. The molecule has 1 amide bonds. The van der Waals surface area contributed by atoms with Gasteiger partial charge >= 0.3 is 0 Å². The predicted molar refractivity (Wildman–Crippen MR) is 119 cm³/mol. The van der Waals surface area contributed by atoms with Crippen LogP contribution in [0.25, 0.3) is 5.65 Å². The minimum absolute atomic E-state index is 0.0653. The largest absolute Gasteiger partial charge is 0.379 e. The Labute approximate surface area is 187 Å². The summed E-state index contributed by atoms with van der Waals surface area (Å²) in [5.74, 6) is 1.15. The summed E-state index contributed by atoms with van der Waals surface area (Å²) in [6.07, 6.45) is 6.62. The van der Waals surface area contributed by atoms with Crippen LogP contribution in [0.5, 0.6) is 0 Å². The number of rotatable bonds is 7. The molecule has 3 aromatic rings. The Kier molecular flexibility index (Phi) is 6.38. The number of carbonyl (C=O) groups excluding carboxylic acids is 1. The third kappa shape index (κ3) is 4.79. The summed E-state index contributed by atoms with van der Waals surface area (Å²) in [6.45, 7) is 7.65. The molecule has 0 unspecified atom stereocenters. The van der Waals surface area contributed by atoms with E-state index in [0.29, 0.717) is 18.0 Å². The van der Waals surface area contributed by atoms with Crippen molar-refractivity contribution in [2.75, 3.05) is 52.5 Å². The third-order valence-electron chi connectivity index (χ3n) is 6.27. The van der Waals surface area contributed by atoms with Gasteiger partial charge in [0.1, 0.15) is 5.82 Å². The second kappa shape index (κ2) is 9.72. The molecule has 9 nitrogen and oxygen atoms in total. The second-order valence-electron chi connectivity index (χ2n) is 8.50. The molecule has 2 aliphatic heterocycles. The topological polar surface area (TPSA) is 87.9 Å². The molecule has 3 aromatic heterocycles. The highest BCUT2D eigenvalue weighted by Crippen LogP contribution is 2.27. The molecular formula is C23H29N7O2. The number of amides is 1. The predicted octanol–water partition coefficient (Wildman–Crippen LogP) is 1.18. The number of hydrogen-bond acceptors (Lipinski definition) is 7. The Balaban J connectivity index is 1.22. The van der Waals surface area contributed by atoms with Crippen LogP contribution in [0.2, 0.25) is 0 Å². The average molecular weight is 436 g/mol. The zero-order valence-corrected chi connectivity index (χ0v) is 18.2. The first-order valence-corrected chi connectivity index (χ1v) is 11.3. The van der Waals surface area contributed by atoms with Gasteiger partial charge in [0, 0.05) is 63.8 Å². The molecule has 32 heavy (non-hydrogen) atoms. The molecule has 2 fully saturated rings. The quantitative estimate of drug-likeness (QED) is 0.596. The molecule has 0 aromatic carbocycles. The number of hydrogen-bond donors (Lipinski definition) is 1. The number of morpholine rings is 1. The van der Waals surface area contributed by atoms with Crippen LogP contribution in [-0.4, -0.2) is 87.8 Å². The SMILES string of the molecule is O=C(NCCN1CCOCC1)c1ccc2nnc([C@@H]3CCN(Cc4cccnc4)C3)n2c1. The summed E-state index contributed by atoms with van der Waals surface area (Å²) in [5, 5.41) is 11.8. The number of pyridine rings is 2. The molecule has 1 N–H and O–H groups in total. The number of likely N-dealkylation sites (tertiary alicyclic amines) is 1.